The number of hydrogen-bond donors (Lipinski definition) is 0. The highest BCUT2D eigenvalue weighted by Gasteiger charge is 2.22. The van der Waals surface area contributed by atoms with Crippen molar-refractivity contribution < 1.29 is 8.42 Å². The maximum absolute atomic E-state index is 12.4. The molecule has 0 unspecified atom stereocenters. The molecule has 2 rings (SSSR count). The fourth-order valence-corrected chi connectivity index (χ4v) is 4.47. The second kappa shape index (κ2) is 5.07. The van der Waals surface area contributed by atoms with Crippen molar-refractivity contribution in [3.8, 4) is 0 Å². The summed E-state index contributed by atoms with van der Waals surface area (Å²) in [5, 5.41) is 0. The van der Waals surface area contributed by atoms with E-state index in [-0.39, 0.29) is 9.77 Å². The average Bonchev–Trinajstić information content (AvgIpc) is 2.66. The standard InChI is InChI=1S/C12H16N2O3S2/c1-4-14(5-2)19(16,17)9-6-7-10-11(8-9)18-12(15)13(10)3/h6-8H,4-5H2,1-3H3. The van der Waals surface area contributed by atoms with E-state index in [1.165, 1.54) is 8.87 Å². The number of benzene rings is 1. The fraction of sp³-hybridized carbons (Fsp3) is 0.417. The second-order valence-corrected chi connectivity index (χ2v) is 7.08. The van der Waals surface area contributed by atoms with Crippen LogP contribution in [0.5, 0.6) is 0 Å². The van der Waals surface area contributed by atoms with Crippen molar-refractivity contribution in [1.82, 2.24) is 8.87 Å². The minimum atomic E-state index is -3.47. The highest BCUT2D eigenvalue weighted by molar-refractivity contribution is 7.89. The molecule has 7 heteroatoms. The molecule has 0 saturated carbocycles. The molecule has 0 amide bonds. The first-order valence-corrected chi connectivity index (χ1v) is 8.27. The van der Waals surface area contributed by atoms with Gasteiger partial charge in [-0.1, -0.05) is 25.2 Å². The zero-order valence-corrected chi connectivity index (χ0v) is 12.7. The van der Waals surface area contributed by atoms with Crippen LogP contribution < -0.4 is 4.87 Å². The lowest BCUT2D eigenvalue weighted by Gasteiger charge is -2.18. The molecule has 0 aliphatic heterocycles. The third-order valence-electron chi connectivity index (χ3n) is 3.11. The van der Waals surface area contributed by atoms with Gasteiger partial charge < -0.3 is 4.57 Å². The number of aromatic nitrogens is 1. The molecule has 0 fully saturated rings. The Labute approximate surface area is 116 Å². The van der Waals surface area contributed by atoms with Gasteiger partial charge in [0, 0.05) is 20.1 Å². The average molecular weight is 300 g/mol. The summed E-state index contributed by atoms with van der Waals surface area (Å²) in [6, 6.07) is 4.82. The lowest BCUT2D eigenvalue weighted by molar-refractivity contribution is 0.445. The van der Waals surface area contributed by atoms with Crippen LogP contribution in [0.25, 0.3) is 10.2 Å². The Morgan fingerprint density at radius 1 is 1.26 bits per heavy atom. The predicted octanol–water partition coefficient (Wildman–Crippen LogP) is 1.63. The largest absolute Gasteiger partial charge is 0.307 e. The van der Waals surface area contributed by atoms with Crippen LogP contribution in [-0.4, -0.2) is 30.4 Å². The van der Waals surface area contributed by atoms with Gasteiger partial charge in [0.05, 0.1) is 15.1 Å². The number of nitrogens with zero attached hydrogens (tertiary/aromatic N) is 2. The molecule has 0 bridgehead atoms. The molecule has 5 nitrogen and oxygen atoms in total. The second-order valence-electron chi connectivity index (χ2n) is 4.15. The smallest absolute Gasteiger partial charge is 0.302 e. The van der Waals surface area contributed by atoms with Gasteiger partial charge in [-0.2, -0.15) is 4.31 Å². The van der Waals surface area contributed by atoms with Crippen LogP contribution in [-0.2, 0) is 17.1 Å². The number of rotatable bonds is 4. The summed E-state index contributed by atoms with van der Waals surface area (Å²) in [5.74, 6) is 0. The Morgan fingerprint density at radius 3 is 2.47 bits per heavy atom. The topological polar surface area (TPSA) is 59.4 Å². The van der Waals surface area contributed by atoms with Gasteiger partial charge in [-0.25, -0.2) is 8.42 Å². The molecule has 1 aromatic heterocycles. The van der Waals surface area contributed by atoms with E-state index >= 15 is 0 Å². The van der Waals surface area contributed by atoms with Crippen LogP contribution in [0.3, 0.4) is 0 Å². The molecular formula is C12H16N2O3S2. The monoisotopic (exact) mass is 300 g/mol. The number of hydrogen-bond acceptors (Lipinski definition) is 4. The Morgan fingerprint density at radius 2 is 1.89 bits per heavy atom. The molecule has 2 aromatic rings. The summed E-state index contributed by atoms with van der Waals surface area (Å²) in [4.78, 5) is 11.7. The van der Waals surface area contributed by atoms with E-state index in [4.69, 9.17) is 0 Å². The molecule has 104 valence electrons. The normalized spacial score (nSPS) is 12.4. The van der Waals surface area contributed by atoms with Gasteiger partial charge in [-0.3, -0.25) is 4.79 Å². The molecule has 0 atom stereocenters. The summed E-state index contributed by atoms with van der Waals surface area (Å²) in [6.45, 7) is 4.48. The van der Waals surface area contributed by atoms with E-state index in [2.05, 4.69) is 0 Å². The Hall–Kier alpha value is -1.18. The van der Waals surface area contributed by atoms with Crippen molar-refractivity contribution in [1.29, 1.82) is 0 Å². The highest BCUT2D eigenvalue weighted by Crippen LogP contribution is 2.23. The van der Waals surface area contributed by atoms with Crippen molar-refractivity contribution in [2.75, 3.05) is 13.1 Å². The van der Waals surface area contributed by atoms with E-state index in [0.29, 0.717) is 17.8 Å². The number of fused-ring (bicyclic) bond motifs is 1. The quantitative estimate of drug-likeness (QED) is 0.862. The van der Waals surface area contributed by atoms with Gasteiger partial charge in [0.15, 0.2) is 0 Å². The zero-order chi connectivity index (χ0) is 14.2. The van der Waals surface area contributed by atoms with Gasteiger partial charge in [0.2, 0.25) is 10.0 Å². The summed E-state index contributed by atoms with van der Waals surface area (Å²) < 4.78 is 28.4. The van der Waals surface area contributed by atoms with Crippen molar-refractivity contribution in [2.45, 2.75) is 18.7 Å². The van der Waals surface area contributed by atoms with Gasteiger partial charge in [-0.05, 0) is 18.2 Å². The molecular weight excluding hydrogens is 284 g/mol. The summed E-state index contributed by atoms with van der Waals surface area (Å²) in [5.41, 5.74) is 0.758. The van der Waals surface area contributed by atoms with Gasteiger partial charge in [-0.15, -0.1) is 0 Å². The first kappa shape index (κ1) is 14.2. The molecule has 19 heavy (non-hydrogen) atoms. The van der Waals surface area contributed by atoms with Gasteiger partial charge >= 0.3 is 4.87 Å². The Balaban J connectivity index is 2.61. The SMILES string of the molecule is CCN(CC)S(=O)(=O)c1ccc2c(c1)sc(=O)n2C. The maximum Gasteiger partial charge on any atom is 0.307 e. The van der Waals surface area contributed by atoms with Gasteiger partial charge in [0.1, 0.15) is 0 Å². The molecule has 0 N–H and O–H groups in total. The number of thiazole rings is 1. The Kier molecular flexibility index (Phi) is 3.80. The van der Waals surface area contributed by atoms with Crippen LogP contribution in [0.15, 0.2) is 27.9 Å². The van der Waals surface area contributed by atoms with Crippen molar-refractivity contribution in [3.05, 3.63) is 27.9 Å². The minimum absolute atomic E-state index is 0.0904. The van der Waals surface area contributed by atoms with E-state index in [0.717, 1.165) is 16.9 Å². The molecule has 0 aliphatic carbocycles. The predicted molar refractivity (Wildman–Crippen MR) is 77.2 cm³/mol. The van der Waals surface area contributed by atoms with E-state index in [1.54, 1.807) is 39.1 Å². The van der Waals surface area contributed by atoms with Crippen molar-refractivity contribution in [3.63, 3.8) is 0 Å². The first-order valence-electron chi connectivity index (χ1n) is 6.01. The van der Waals surface area contributed by atoms with Crippen LogP contribution in [0.1, 0.15) is 13.8 Å². The van der Waals surface area contributed by atoms with Crippen molar-refractivity contribution >= 4 is 31.6 Å². The Bertz CT molecular complexity index is 755. The number of sulfonamides is 1. The van der Waals surface area contributed by atoms with E-state index in [9.17, 15) is 13.2 Å². The number of aryl methyl sites for hydroxylation is 1. The highest BCUT2D eigenvalue weighted by atomic mass is 32.2. The third-order valence-corrected chi connectivity index (χ3v) is 6.15. The minimum Gasteiger partial charge on any atom is -0.302 e. The van der Waals surface area contributed by atoms with Crippen LogP contribution in [0.4, 0.5) is 0 Å². The van der Waals surface area contributed by atoms with Crippen LogP contribution in [0.2, 0.25) is 0 Å². The summed E-state index contributed by atoms with van der Waals surface area (Å²) >= 11 is 1.06. The van der Waals surface area contributed by atoms with Gasteiger partial charge in [0.25, 0.3) is 0 Å². The molecule has 1 aromatic carbocycles. The van der Waals surface area contributed by atoms with E-state index < -0.39 is 10.0 Å². The summed E-state index contributed by atoms with van der Waals surface area (Å²) in [7, 11) is -1.79. The molecule has 0 spiro atoms. The lowest BCUT2D eigenvalue weighted by atomic mass is 10.3. The summed E-state index contributed by atoms with van der Waals surface area (Å²) in [6.07, 6.45) is 0. The maximum atomic E-state index is 12.4. The van der Waals surface area contributed by atoms with Crippen LogP contribution >= 0.6 is 11.3 Å². The van der Waals surface area contributed by atoms with E-state index in [1.807, 2.05) is 0 Å². The zero-order valence-electron chi connectivity index (χ0n) is 11.1. The van der Waals surface area contributed by atoms with Crippen molar-refractivity contribution in [2.24, 2.45) is 7.05 Å². The molecule has 1 heterocycles. The third kappa shape index (κ3) is 2.33. The molecule has 0 saturated heterocycles. The molecule has 0 aliphatic rings. The van der Waals surface area contributed by atoms with Crippen LogP contribution in [0, 0.1) is 0 Å². The lowest BCUT2D eigenvalue weighted by Crippen LogP contribution is -2.30. The first-order chi connectivity index (χ1) is 8.91. The molecule has 0 radical (unpaired) electrons. The fourth-order valence-electron chi connectivity index (χ4n) is 1.99.